The fraction of sp³-hybridized carbons (Fsp3) is 0.143. The number of amides is 1. The molecule has 1 aromatic heterocycles. The minimum atomic E-state index is -4.84. The predicted molar refractivity (Wildman–Crippen MR) is 66.8 cm³/mol. The van der Waals surface area contributed by atoms with Crippen molar-refractivity contribution in [2.24, 2.45) is 0 Å². The molecule has 1 amide bonds. The zero-order valence-corrected chi connectivity index (χ0v) is 10.6. The maximum atomic E-state index is 13.8. The Morgan fingerprint density at radius 2 is 1.95 bits per heavy atom. The van der Waals surface area contributed by atoms with E-state index in [2.05, 4.69) is 10.3 Å². The van der Waals surface area contributed by atoms with Crippen molar-refractivity contribution in [1.82, 2.24) is 10.3 Å². The number of hydrogen-bond donors (Lipinski definition) is 1. The second kappa shape index (κ2) is 5.90. The van der Waals surface area contributed by atoms with Crippen LogP contribution in [0.15, 0.2) is 42.7 Å². The van der Waals surface area contributed by atoms with Crippen molar-refractivity contribution >= 4 is 5.91 Å². The van der Waals surface area contributed by atoms with Crippen molar-refractivity contribution in [2.75, 3.05) is 0 Å². The van der Waals surface area contributed by atoms with Gasteiger partial charge in [-0.05, 0) is 23.8 Å². The fourth-order valence-electron chi connectivity index (χ4n) is 1.71. The molecule has 21 heavy (non-hydrogen) atoms. The highest BCUT2D eigenvalue weighted by molar-refractivity contribution is 5.94. The van der Waals surface area contributed by atoms with Crippen LogP contribution in [0.25, 0.3) is 0 Å². The molecule has 0 atom stereocenters. The number of pyridine rings is 1. The topological polar surface area (TPSA) is 42.0 Å². The summed E-state index contributed by atoms with van der Waals surface area (Å²) in [5.41, 5.74) is -1.46. The van der Waals surface area contributed by atoms with Gasteiger partial charge < -0.3 is 5.32 Å². The van der Waals surface area contributed by atoms with Gasteiger partial charge in [0.05, 0.1) is 11.1 Å². The van der Waals surface area contributed by atoms with Gasteiger partial charge in [0.1, 0.15) is 5.82 Å². The molecule has 1 N–H and O–H groups in total. The van der Waals surface area contributed by atoms with Gasteiger partial charge in [0.15, 0.2) is 0 Å². The normalized spacial score (nSPS) is 11.2. The Bertz CT molecular complexity index is 641. The lowest BCUT2D eigenvalue weighted by atomic mass is 10.1. The van der Waals surface area contributed by atoms with Gasteiger partial charge in [-0.2, -0.15) is 13.2 Å². The van der Waals surface area contributed by atoms with Crippen LogP contribution in [0.2, 0.25) is 0 Å². The Labute approximate surface area is 117 Å². The van der Waals surface area contributed by atoms with E-state index in [9.17, 15) is 22.4 Å². The van der Waals surface area contributed by atoms with E-state index in [1.54, 1.807) is 12.1 Å². The van der Waals surface area contributed by atoms with Gasteiger partial charge in [0.25, 0.3) is 5.91 Å². The molecule has 7 heteroatoms. The highest BCUT2D eigenvalue weighted by atomic mass is 19.4. The van der Waals surface area contributed by atoms with E-state index in [1.807, 2.05) is 0 Å². The average Bonchev–Trinajstić information content (AvgIpc) is 2.45. The summed E-state index contributed by atoms with van der Waals surface area (Å²) in [5, 5.41) is 2.35. The molecule has 0 aliphatic heterocycles. The molecule has 1 aromatic carbocycles. The summed E-state index contributed by atoms with van der Waals surface area (Å²) in [6.07, 6.45) is -1.82. The SMILES string of the molecule is O=C(NCc1cccnc1)c1cccc(C(F)(F)F)c1F. The van der Waals surface area contributed by atoms with Crippen LogP contribution in [0, 0.1) is 5.82 Å². The molecule has 2 rings (SSSR count). The van der Waals surface area contributed by atoms with Crippen LogP contribution in [-0.4, -0.2) is 10.9 Å². The molecule has 0 saturated heterocycles. The minimum Gasteiger partial charge on any atom is -0.348 e. The van der Waals surface area contributed by atoms with Crippen molar-refractivity contribution < 1.29 is 22.4 Å². The largest absolute Gasteiger partial charge is 0.419 e. The number of nitrogens with zero attached hydrogens (tertiary/aromatic N) is 1. The summed E-state index contributed by atoms with van der Waals surface area (Å²) < 4.78 is 51.4. The molecule has 110 valence electrons. The van der Waals surface area contributed by atoms with Crippen molar-refractivity contribution in [3.8, 4) is 0 Å². The van der Waals surface area contributed by atoms with Crippen LogP contribution in [0.5, 0.6) is 0 Å². The van der Waals surface area contributed by atoms with Gasteiger partial charge in [-0.25, -0.2) is 4.39 Å². The molecule has 0 aliphatic rings. The zero-order chi connectivity index (χ0) is 15.5. The number of carbonyl (C=O) groups is 1. The Morgan fingerprint density at radius 3 is 2.57 bits per heavy atom. The van der Waals surface area contributed by atoms with Crippen molar-refractivity contribution in [3.05, 3.63) is 65.2 Å². The van der Waals surface area contributed by atoms with Gasteiger partial charge in [-0.1, -0.05) is 12.1 Å². The number of benzene rings is 1. The van der Waals surface area contributed by atoms with Crippen LogP contribution in [0.4, 0.5) is 17.6 Å². The molecule has 0 unspecified atom stereocenters. The third-order valence-electron chi connectivity index (χ3n) is 2.72. The maximum Gasteiger partial charge on any atom is 0.419 e. The Kier molecular flexibility index (Phi) is 4.21. The van der Waals surface area contributed by atoms with E-state index < -0.39 is 29.0 Å². The first kappa shape index (κ1) is 15.0. The van der Waals surface area contributed by atoms with Crippen LogP contribution in [0.3, 0.4) is 0 Å². The van der Waals surface area contributed by atoms with Crippen molar-refractivity contribution in [2.45, 2.75) is 12.7 Å². The number of hydrogen-bond acceptors (Lipinski definition) is 2. The summed E-state index contributed by atoms with van der Waals surface area (Å²) in [4.78, 5) is 15.6. The first-order valence-electron chi connectivity index (χ1n) is 5.92. The van der Waals surface area contributed by atoms with Crippen LogP contribution < -0.4 is 5.32 Å². The molecular formula is C14H10F4N2O. The molecule has 0 bridgehead atoms. The summed E-state index contributed by atoms with van der Waals surface area (Å²) in [6, 6.07) is 5.91. The lowest BCUT2D eigenvalue weighted by Crippen LogP contribution is -2.25. The second-order valence-corrected chi connectivity index (χ2v) is 4.21. The molecule has 0 radical (unpaired) electrons. The van der Waals surface area contributed by atoms with E-state index in [1.165, 1.54) is 12.4 Å². The van der Waals surface area contributed by atoms with Gasteiger partial charge in [-0.3, -0.25) is 9.78 Å². The monoisotopic (exact) mass is 298 g/mol. The number of alkyl halides is 3. The molecule has 3 nitrogen and oxygen atoms in total. The number of aromatic nitrogens is 1. The van der Waals surface area contributed by atoms with Crippen LogP contribution in [0.1, 0.15) is 21.5 Å². The Morgan fingerprint density at radius 1 is 1.19 bits per heavy atom. The van der Waals surface area contributed by atoms with Crippen molar-refractivity contribution in [3.63, 3.8) is 0 Å². The summed E-state index contributed by atoms with van der Waals surface area (Å²) in [5.74, 6) is -2.49. The number of nitrogens with one attached hydrogen (secondary N) is 1. The van der Waals surface area contributed by atoms with Gasteiger partial charge in [-0.15, -0.1) is 0 Å². The molecular weight excluding hydrogens is 288 g/mol. The van der Waals surface area contributed by atoms with Gasteiger partial charge in [0.2, 0.25) is 0 Å². The smallest absolute Gasteiger partial charge is 0.348 e. The second-order valence-electron chi connectivity index (χ2n) is 4.21. The first-order valence-corrected chi connectivity index (χ1v) is 5.92. The van der Waals surface area contributed by atoms with Crippen LogP contribution in [-0.2, 0) is 12.7 Å². The van der Waals surface area contributed by atoms with Crippen molar-refractivity contribution in [1.29, 1.82) is 0 Å². The van der Waals surface area contributed by atoms with Gasteiger partial charge >= 0.3 is 6.18 Å². The molecule has 0 spiro atoms. The summed E-state index contributed by atoms with van der Waals surface area (Å²) >= 11 is 0. The van der Waals surface area contributed by atoms with E-state index in [0.29, 0.717) is 11.6 Å². The molecule has 0 fully saturated rings. The van der Waals surface area contributed by atoms with E-state index >= 15 is 0 Å². The molecule has 2 aromatic rings. The lowest BCUT2D eigenvalue weighted by molar-refractivity contribution is -0.140. The zero-order valence-electron chi connectivity index (χ0n) is 10.6. The molecule has 0 saturated carbocycles. The number of rotatable bonds is 3. The highest BCUT2D eigenvalue weighted by Gasteiger charge is 2.35. The third-order valence-corrected chi connectivity index (χ3v) is 2.72. The average molecular weight is 298 g/mol. The van der Waals surface area contributed by atoms with E-state index in [-0.39, 0.29) is 6.54 Å². The maximum absolute atomic E-state index is 13.8. The van der Waals surface area contributed by atoms with Crippen LogP contribution >= 0.6 is 0 Å². The highest BCUT2D eigenvalue weighted by Crippen LogP contribution is 2.32. The third kappa shape index (κ3) is 3.56. The summed E-state index contributed by atoms with van der Waals surface area (Å²) in [6.45, 7) is 0.0440. The number of halogens is 4. The van der Waals surface area contributed by atoms with Gasteiger partial charge in [0, 0.05) is 18.9 Å². The summed E-state index contributed by atoms with van der Waals surface area (Å²) in [7, 11) is 0. The minimum absolute atomic E-state index is 0.0440. The molecule has 0 aliphatic carbocycles. The Balaban J connectivity index is 2.17. The predicted octanol–water partition coefficient (Wildman–Crippen LogP) is 3.17. The quantitative estimate of drug-likeness (QED) is 0.884. The van der Waals surface area contributed by atoms with E-state index in [4.69, 9.17) is 0 Å². The fourth-order valence-corrected chi connectivity index (χ4v) is 1.71. The van der Waals surface area contributed by atoms with E-state index in [0.717, 1.165) is 12.1 Å². The Hall–Kier alpha value is -2.44. The lowest BCUT2D eigenvalue weighted by Gasteiger charge is -2.11. The number of carbonyl (C=O) groups excluding carboxylic acids is 1. The molecule has 1 heterocycles. The first-order chi connectivity index (χ1) is 9.89. The standard InChI is InChI=1S/C14H10F4N2O/c15-12-10(4-1-5-11(12)14(16,17)18)13(21)20-8-9-3-2-6-19-7-9/h1-7H,8H2,(H,20,21).